The molecule has 32 nitrogen and oxygen atoms in total. The van der Waals surface area contributed by atoms with Gasteiger partial charge in [0, 0.05) is 173 Å². The minimum absolute atomic E-state index is 0. The Kier molecular flexibility index (Phi) is 40.3. The van der Waals surface area contributed by atoms with Gasteiger partial charge in [0.05, 0.1) is 19.6 Å². The van der Waals surface area contributed by atoms with Crippen LogP contribution in [0.5, 0.6) is 0 Å². The minimum atomic E-state index is -1.49. The number of aliphatic carboxylic acids is 7. The third kappa shape index (κ3) is 35.2. The number of hydrogen-bond acceptors (Lipinski definition) is 22. The van der Waals surface area contributed by atoms with Crippen LogP contribution >= 0.6 is 0 Å². The SMILES string of the molecule is CN1CCN(CC(=O)O)CCN(CC(=O)O)CCN(CC(=O)O)C(Cc2ccc(Cc3nc(N4CCN(CCCCCCCCCCC(=O)NCCCC[C@H](NC(=O)N[C@@H](CCC(=O)O)C(=O)O)C(=O)O)CC4)nc(N4CCN(CCCC(=O)O)CC4)n3)cc2)C1.O=C=O.[Lu]. The predicted octanol–water partition coefficient (Wildman–Crippen LogP) is 0.872. The van der Waals surface area contributed by atoms with E-state index < -0.39 is 66.3 Å². The Labute approximate surface area is 583 Å². The van der Waals surface area contributed by atoms with Crippen molar-refractivity contribution in [3.63, 3.8) is 0 Å². The second kappa shape index (κ2) is 46.4. The third-order valence-electron chi connectivity index (χ3n) is 16.7. The van der Waals surface area contributed by atoms with Crippen molar-refractivity contribution in [2.24, 2.45) is 0 Å². The van der Waals surface area contributed by atoms with E-state index in [2.05, 4.69) is 40.4 Å². The van der Waals surface area contributed by atoms with Crippen LogP contribution in [0.15, 0.2) is 24.3 Å². The third-order valence-corrected chi connectivity index (χ3v) is 16.7. The molecule has 4 heterocycles. The number of hydrogen-bond donors (Lipinski definition) is 10. The van der Waals surface area contributed by atoms with E-state index in [9.17, 15) is 73.8 Å². The summed E-state index contributed by atoms with van der Waals surface area (Å²) in [4.78, 5) is 154. The molecule has 0 saturated carbocycles. The number of urea groups is 1. The fourth-order valence-electron chi connectivity index (χ4n) is 11.5. The summed E-state index contributed by atoms with van der Waals surface area (Å²) < 4.78 is 0. The Morgan fingerprint density at radius 1 is 0.495 bits per heavy atom. The first-order chi connectivity index (χ1) is 45.0. The van der Waals surface area contributed by atoms with E-state index in [4.69, 9.17) is 29.6 Å². The number of piperazine rings is 2. The molecule has 3 amide bonds. The van der Waals surface area contributed by atoms with Crippen LogP contribution in [0.25, 0.3) is 0 Å². The molecule has 2 aromatic rings. The molecule has 0 aliphatic carbocycles. The van der Waals surface area contributed by atoms with Gasteiger partial charge in [-0.3, -0.25) is 53.3 Å². The van der Waals surface area contributed by atoms with E-state index in [1.165, 1.54) is 0 Å². The number of nitrogens with one attached hydrogen (secondary N) is 3. The number of unbranched alkanes of at least 4 members (excludes halogenated alkanes) is 8. The number of amides is 3. The van der Waals surface area contributed by atoms with E-state index >= 15 is 0 Å². The van der Waals surface area contributed by atoms with E-state index in [1.54, 1.807) is 9.80 Å². The zero-order chi connectivity index (χ0) is 68.8. The number of carbonyl (C=O) groups is 9. The van der Waals surface area contributed by atoms with Crippen molar-refractivity contribution >= 4 is 71.8 Å². The van der Waals surface area contributed by atoms with Gasteiger partial charge in [-0.15, -0.1) is 0 Å². The van der Waals surface area contributed by atoms with Gasteiger partial charge in [0.2, 0.25) is 17.8 Å². The summed E-state index contributed by atoms with van der Waals surface area (Å²) in [5, 5.41) is 73.2. The van der Waals surface area contributed by atoms with Crippen LogP contribution in [0, 0.1) is 36.9 Å². The zero-order valence-electron chi connectivity index (χ0n) is 54.4. The number of likely N-dealkylation sites (N-methyl/N-ethyl adjacent to an activating group) is 1. The summed E-state index contributed by atoms with van der Waals surface area (Å²) in [6.07, 6.45) is 10.7. The molecule has 1 radical (unpaired) electrons. The van der Waals surface area contributed by atoms with Crippen LogP contribution in [0.4, 0.5) is 16.7 Å². The molecule has 33 heteroatoms. The van der Waals surface area contributed by atoms with Gasteiger partial charge in [0.15, 0.2) is 0 Å². The minimum Gasteiger partial charge on any atom is -0.481 e. The number of benzene rings is 1. The number of carbonyl (C=O) groups excluding carboxylic acids is 4. The van der Waals surface area contributed by atoms with Crippen molar-refractivity contribution in [3.8, 4) is 0 Å². The molecule has 3 saturated heterocycles. The normalized spacial score (nSPS) is 17.2. The summed E-state index contributed by atoms with van der Waals surface area (Å²) in [7, 11) is 1.94. The molecule has 0 bridgehead atoms. The number of aromatic nitrogens is 3. The molecule has 95 heavy (non-hydrogen) atoms. The van der Waals surface area contributed by atoms with Gasteiger partial charge < -0.3 is 66.4 Å². The molecule has 3 aliphatic rings. The maximum absolute atomic E-state index is 12.4. The standard InChI is InChI=1S/C61H98N14O16.CO2.Lu/c1-68-25-26-71(42-54(81)82)27-28-72(43-55(83)84)33-38-75(44-56(85)86)47(41-68)39-45-16-18-46(19-17-45)40-50-65-59(67-60(66-50)74-36-31-70(32-37-74)24-12-15-52(77)78)73-34-29-69(30-35-73)23-11-7-5-3-2-4-6-8-14-51(76)62-22-10-9-13-48(57(87)88)63-61(91)64-49(58(89)90)20-21-53(79)80;2-1-3;/h16-19,47-49H,2-15,20-44H2,1H3,(H,62,76)(H,77,78)(H,79,80)(H,81,82)(H,83,84)(H,85,86)(H,87,88)(H,89,90)(H2,63,64,91);;/t47?,48-,49-;;/m0../s1. The Morgan fingerprint density at radius 3 is 1.45 bits per heavy atom. The van der Waals surface area contributed by atoms with Gasteiger partial charge in [0.1, 0.15) is 17.9 Å². The maximum atomic E-state index is 12.4. The Bertz CT molecular complexity index is 2740. The molecule has 539 valence electrons. The largest absolute Gasteiger partial charge is 0.481 e. The molecule has 10 N–H and O–H groups in total. The average molecular weight is 1500 g/mol. The Balaban J connectivity index is 0.00000576. The number of rotatable bonds is 39. The number of carboxylic acids is 7. The molecule has 0 spiro atoms. The van der Waals surface area contributed by atoms with E-state index in [0.717, 1.165) is 108 Å². The molecule has 5 rings (SSSR count). The van der Waals surface area contributed by atoms with Crippen molar-refractivity contribution in [3.05, 3.63) is 41.2 Å². The van der Waals surface area contributed by atoms with E-state index in [0.29, 0.717) is 128 Å². The van der Waals surface area contributed by atoms with E-state index in [-0.39, 0.29) is 93.9 Å². The van der Waals surface area contributed by atoms with Gasteiger partial charge in [-0.2, -0.15) is 24.5 Å². The smallest absolute Gasteiger partial charge is 0.373 e. The fourth-order valence-corrected chi connectivity index (χ4v) is 11.5. The first kappa shape index (κ1) is 82.5. The monoisotopic (exact) mass is 1500 g/mol. The van der Waals surface area contributed by atoms with Gasteiger partial charge in [-0.25, -0.2) is 14.4 Å². The van der Waals surface area contributed by atoms with Crippen molar-refractivity contribution < 1.29 is 125 Å². The van der Waals surface area contributed by atoms with Crippen molar-refractivity contribution in [2.45, 2.75) is 134 Å². The molecule has 3 aliphatic heterocycles. The van der Waals surface area contributed by atoms with Crippen LogP contribution < -0.4 is 25.8 Å². The van der Waals surface area contributed by atoms with Crippen LogP contribution in [-0.2, 0) is 60.8 Å². The molecule has 1 aromatic heterocycles. The van der Waals surface area contributed by atoms with Crippen molar-refractivity contribution in [2.75, 3.05) is 154 Å². The molecule has 3 fully saturated rings. The van der Waals surface area contributed by atoms with Gasteiger partial charge >= 0.3 is 54.0 Å². The number of nitrogens with zero attached hydrogens (tertiary/aromatic N) is 11. The second-order valence-electron chi connectivity index (χ2n) is 24.2. The predicted molar refractivity (Wildman–Crippen MR) is 340 cm³/mol. The summed E-state index contributed by atoms with van der Waals surface area (Å²) in [5.74, 6) is -5.95. The maximum Gasteiger partial charge on any atom is 0.373 e. The quantitative estimate of drug-likeness (QED) is 0.0415. The molecular weight excluding hydrogens is 1400 g/mol. The van der Waals surface area contributed by atoms with Crippen LogP contribution in [0.2, 0.25) is 0 Å². The Hall–Kier alpha value is -6.77. The summed E-state index contributed by atoms with van der Waals surface area (Å²) in [6, 6.07) is 4.12. The van der Waals surface area contributed by atoms with Gasteiger partial charge in [-0.05, 0) is 82.6 Å². The first-order valence-corrected chi connectivity index (χ1v) is 32.5. The fraction of sp³-hybridized carbons (Fsp3) is 0.694. The molecule has 3 atom stereocenters. The topological polar surface area (TPSA) is 430 Å². The summed E-state index contributed by atoms with van der Waals surface area (Å²) in [5.41, 5.74) is 1.98. The number of anilines is 2. The molecular formula is C62H98LuN14O18. The molecule has 1 aromatic carbocycles. The van der Waals surface area contributed by atoms with Gasteiger partial charge in [-0.1, -0.05) is 62.8 Å². The van der Waals surface area contributed by atoms with Gasteiger partial charge in [0.25, 0.3) is 0 Å². The second-order valence-corrected chi connectivity index (χ2v) is 24.2. The Morgan fingerprint density at radius 2 is 0.947 bits per heavy atom. The first-order valence-electron chi connectivity index (χ1n) is 32.5. The molecule has 1 unspecified atom stereocenters. The summed E-state index contributed by atoms with van der Waals surface area (Å²) in [6.45, 7) is 10.3. The average Bonchev–Trinajstić information content (AvgIpc) is 0.870. The van der Waals surface area contributed by atoms with E-state index in [1.807, 2.05) is 36.2 Å². The number of carboxylic acid groups (broad SMARTS) is 7. The van der Waals surface area contributed by atoms with Crippen molar-refractivity contribution in [1.29, 1.82) is 0 Å². The van der Waals surface area contributed by atoms with Crippen LogP contribution in [0.3, 0.4) is 0 Å². The summed E-state index contributed by atoms with van der Waals surface area (Å²) >= 11 is 0. The zero-order valence-corrected chi connectivity index (χ0v) is 56.1. The van der Waals surface area contributed by atoms with Crippen molar-refractivity contribution in [1.82, 2.24) is 60.3 Å². The van der Waals surface area contributed by atoms with Crippen LogP contribution in [0.1, 0.15) is 120 Å². The van der Waals surface area contributed by atoms with Crippen LogP contribution in [-0.4, -0.2) is 303 Å².